The molecule has 4 rings (SSSR count). The molecule has 0 amide bonds. The van der Waals surface area contributed by atoms with Crippen LogP contribution >= 0.6 is 11.6 Å². The van der Waals surface area contributed by atoms with Crippen LogP contribution in [-0.4, -0.2) is 22.6 Å². The topological polar surface area (TPSA) is 71.6 Å². The fourth-order valence-corrected chi connectivity index (χ4v) is 3.79. The van der Waals surface area contributed by atoms with Crippen molar-refractivity contribution in [1.82, 2.24) is 14.8 Å². The summed E-state index contributed by atoms with van der Waals surface area (Å²) in [5.74, 6) is 0. The van der Waals surface area contributed by atoms with Crippen LogP contribution in [0.5, 0.6) is 0 Å². The molecule has 4 aromatic rings. The molecule has 0 spiro atoms. The molecule has 0 atom stereocenters. The molecule has 0 bridgehead atoms. The molecule has 0 fully saturated rings. The van der Waals surface area contributed by atoms with Crippen LogP contribution in [0.25, 0.3) is 22.3 Å². The molecule has 0 aliphatic rings. The molecular weight excluding hydrogens is 476 g/mol. The van der Waals surface area contributed by atoms with E-state index in [1.165, 1.54) is 13.0 Å². The van der Waals surface area contributed by atoms with Crippen molar-refractivity contribution < 1.29 is 13.2 Å². The van der Waals surface area contributed by atoms with Gasteiger partial charge < -0.3 is 0 Å². The highest BCUT2D eigenvalue weighted by atomic mass is 35.5. The average molecular weight is 491 g/mol. The Hall–Kier alpha value is -3.90. The third kappa shape index (κ3) is 4.98. The van der Waals surface area contributed by atoms with E-state index in [-0.39, 0.29) is 23.4 Å². The van der Waals surface area contributed by atoms with Gasteiger partial charge in [-0.1, -0.05) is 41.9 Å². The second-order valence-corrected chi connectivity index (χ2v) is 8.17. The van der Waals surface area contributed by atoms with Crippen LogP contribution in [0.1, 0.15) is 22.5 Å². The lowest BCUT2D eigenvalue weighted by atomic mass is 9.87. The van der Waals surface area contributed by atoms with E-state index >= 15 is 0 Å². The molecule has 0 saturated heterocycles. The zero-order valence-electron chi connectivity index (χ0n) is 18.3. The van der Waals surface area contributed by atoms with Crippen LogP contribution < -0.4 is 11.2 Å². The maximum Gasteiger partial charge on any atom is 0.433 e. The Bertz CT molecular complexity index is 1510. The SMILES string of the molecule is [B]c1nn(Cc2ccc(C(F)(F)F)nc2C)c(=O)c(-c2ccc(C#N)cc2)c1-c1ccc(Cl)cc1. The first kappa shape index (κ1) is 24.2. The maximum atomic E-state index is 13.6. The number of nitriles is 1. The summed E-state index contributed by atoms with van der Waals surface area (Å²) >= 11 is 6.01. The Morgan fingerprint density at radius 2 is 1.60 bits per heavy atom. The minimum absolute atomic E-state index is 0.0452. The van der Waals surface area contributed by atoms with Crippen molar-refractivity contribution in [3.8, 4) is 28.3 Å². The molecule has 5 nitrogen and oxygen atoms in total. The fourth-order valence-electron chi connectivity index (χ4n) is 3.66. The van der Waals surface area contributed by atoms with Gasteiger partial charge >= 0.3 is 6.18 Å². The molecule has 10 heteroatoms. The zero-order valence-corrected chi connectivity index (χ0v) is 19.0. The largest absolute Gasteiger partial charge is 0.433 e. The molecule has 2 aromatic carbocycles. The Balaban J connectivity index is 1.89. The standard InChI is InChI=1S/C25H15BClF3N4O/c1-14-18(8-11-20(32-14)25(28,29)30)13-34-24(35)22(17-4-2-15(12-31)3-5-17)21(23(26)33-34)16-6-9-19(27)10-7-16/h2-11H,13H2,1H3. The summed E-state index contributed by atoms with van der Waals surface area (Å²) in [5.41, 5.74) is 1.17. The van der Waals surface area contributed by atoms with Crippen molar-refractivity contribution in [3.63, 3.8) is 0 Å². The quantitative estimate of drug-likeness (QED) is 0.390. The second kappa shape index (κ2) is 9.39. The van der Waals surface area contributed by atoms with E-state index in [1.54, 1.807) is 48.5 Å². The van der Waals surface area contributed by atoms with Crippen LogP contribution in [0.15, 0.2) is 65.5 Å². The van der Waals surface area contributed by atoms with Crippen LogP contribution in [0.4, 0.5) is 13.2 Å². The predicted octanol–water partition coefficient (Wildman–Crippen LogP) is 4.67. The molecule has 0 aliphatic carbocycles. The van der Waals surface area contributed by atoms with E-state index in [4.69, 9.17) is 24.7 Å². The van der Waals surface area contributed by atoms with E-state index in [0.717, 1.165) is 10.7 Å². The normalized spacial score (nSPS) is 11.3. The lowest BCUT2D eigenvalue weighted by Gasteiger charge is -2.17. The maximum absolute atomic E-state index is 13.6. The summed E-state index contributed by atoms with van der Waals surface area (Å²) in [6.45, 7) is 1.30. The minimum atomic E-state index is -4.58. The van der Waals surface area contributed by atoms with E-state index in [1.807, 2.05) is 6.07 Å². The third-order valence-electron chi connectivity index (χ3n) is 5.42. The van der Waals surface area contributed by atoms with E-state index in [9.17, 15) is 18.0 Å². The van der Waals surface area contributed by atoms with Crippen LogP contribution in [0.3, 0.4) is 0 Å². The van der Waals surface area contributed by atoms with Gasteiger partial charge in [-0.2, -0.15) is 23.5 Å². The molecule has 0 aliphatic heterocycles. The lowest BCUT2D eigenvalue weighted by Crippen LogP contribution is -2.33. The minimum Gasteiger partial charge on any atom is -0.267 e. The number of alkyl halides is 3. The van der Waals surface area contributed by atoms with E-state index in [2.05, 4.69) is 10.1 Å². The number of aromatic nitrogens is 3. The van der Waals surface area contributed by atoms with Gasteiger partial charge in [-0.3, -0.25) is 4.79 Å². The number of halogens is 4. The molecule has 2 radical (unpaired) electrons. The summed E-state index contributed by atoms with van der Waals surface area (Å²) in [6.07, 6.45) is -4.58. The Kier molecular flexibility index (Phi) is 6.50. The van der Waals surface area contributed by atoms with E-state index in [0.29, 0.717) is 32.8 Å². The first-order valence-corrected chi connectivity index (χ1v) is 10.7. The van der Waals surface area contributed by atoms with Gasteiger partial charge in [0.05, 0.1) is 23.7 Å². The molecule has 0 N–H and O–H groups in total. The van der Waals surface area contributed by atoms with Crippen molar-refractivity contribution >= 4 is 25.0 Å². The summed E-state index contributed by atoms with van der Waals surface area (Å²) in [4.78, 5) is 17.3. The number of aryl methyl sites for hydroxylation is 1. The number of pyridine rings is 1. The Labute approximate surface area is 204 Å². The molecular formula is C25H15BClF3N4O. The zero-order chi connectivity index (χ0) is 25.3. The van der Waals surface area contributed by atoms with Crippen LogP contribution in [-0.2, 0) is 12.7 Å². The van der Waals surface area contributed by atoms with Gasteiger partial charge in [0.25, 0.3) is 5.56 Å². The summed E-state index contributed by atoms with van der Waals surface area (Å²) in [5, 5.41) is 13.9. The molecule has 0 saturated carbocycles. The molecule has 35 heavy (non-hydrogen) atoms. The predicted molar refractivity (Wildman–Crippen MR) is 128 cm³/mol. The third-order valence-corrected chi connectivity index (χ3v) is 5.68. The summed E-state index contributed by atoms with van der Waals surface area (Å²) in [6, 6.07) is 17.3. The monoisotopic (exact) mass is 490 g/mol. The van der Waals surface area contributed by atoms with Gasteiger partial charge in [0, 0.05) is 21.9 Å². The average Bonchev–Trinajstić information content (AvgIpc) is 2.82. The molecule has 0 unspecified atom stereocenters. The van der Waals surface area contributed by atoms with Gasteiger partial charge in [-0.15, -0.1) is 0 Å². The summed E-state index contributed by atoms with van der Waals surface area (Å²) in [7, 11) is 6.31. The van der Waals surface area contributed by atoms with E-state index < -0.39 is 17.4 Å². The first-order valence-electron chi connectivity index (χ1n) is 10.3. The number of rotatable bonds is 4. The van der Waals surface area contributed by atoms with Crippen molar-refractivity contribution in [2.75, 3.05) is 0 Å². The number of benzene rings is 2. The Morgan fingerprint density at radius 3 is 2.17 bits per heavy atom. The smallest absolute Gasteiger partial charge is 0.267 e. The molecule has 2 heterocycles. The van der Waals surface area contributed by atoms with Gasteiger partial charge in [0.1, 0.15) is 13.5 Å². The van der Waals surface area contributed by atoms with Crippen LogP contribution in [0.2, 0.25) is 5.02 Å². The highest BCUT2D eigenvalue weighted by molar-refractivity contribution is 6.35. The van der Waals surface area contributed by atoms with Gasteiger partial charge in [-0.25, -0.2) is 9.67 Å². The number of hydrogen-bond acceptors (Lipinski definition) is 4. The highest BCUT2D eigenvalue weighted by Crippen LogP contribution is 2.30. The van der Waals surface area contributed by atoms with Crippen molar-refractivity contribution in [3.05, 3.63) is 98.6 Å². The Morgan fingerprint density at radius 1 is 1.00 bits per heavy atom. The molecule has 2 aromatic heterocycles. The number of hydrogen-bond donors (Lipinski definition) is 0. The highest BCUT2D eigenvalue weighted by Gasteiger charge is 2.32. The van der Waals surface area contributed by atoms with Crippen molar-refractivity contribution in [1.29, 1.82) is 5.26 Å². The van der Waals surface area contributed by atoms with Crippen molar-refractivity contribution in [2.24, 2.45) is 0 Å². The van der Waals surface area contributed by atoms with Gasteiger partial charge in [0.15, 0.2) is 0 Å². The number of nitrogens with zero attached hydrogens (tertiary/aromatic N) is 4. The molecule has 172 valence electrons. The van der Waals surface area contributed by atoms with Crippen molar-refractivity contribution in [2.45, 2.75) is 19.6 Å². The summed E-state index contributed by atoms with van der Waals surface area (Å²) < 4.78 is 40.1. The fraction of sp³-hybridized carbons (Fsp3) is 0.120. The first-order chi connectivity index (χ1) is 16.6. The van der Waals surface area contributed by atoms with Crippen LogP contribution in [0, 0.1) is 18.3 Å². The van der Waals surface area contributed by atoms with Gasteiger partial charge in [0.2, 0.25) is 0 Å². The second-order valence-electron chi connectivity index (χ2n) is 7.73. The van der Waals surface area contributed by atoms with Gasteiger partial charge in [-0.05, 0) is 53.9 Å². The lowest BCUT2D eigenvalue weighted by molar-refractivity contribution is -0.141.